The van der Waals surface area contributed by atoms with Crippen LogP contribution in [0.1, 0.15) is 34.2 Å². The number of carbonyl (C=O) groups is 2. The number of carbonyl (C=O) groups excluding carboxylic acids is 2. The molecule has 0 unspecified atom stereocenters. The maximum Gasteiger partial charge on any atom is 0.323 e. The second kappa shape index (κ2) is 11.8. The zero-order valence-electron chi connectivity index (χ0n) is 20.4. The Labute approximate surface area is 200 Å². The highest BCUT2D eigenvalue weighted by Gasteiger charge is 2.23. The third-order valence-electron chi connectivity index (χ3n) is 5.54. The van der Waals surface area contributed by atoms with Gasteiger partial charge in [0, 0.05) is 6.54 Å². The van der Waals surface area contributed by atoms with Gasteiger partial charge in [-0.15, -0.1) is 0 Å². The van der Waals surface area contributed by atoms with Gasteiger partial charge < -0.3 is 14.2 Å². The minimum Gasteiger partial charge on any atom is -0.496 e. The van der Waals surface area contributed by atoms with E-state index in [2.05, 4.69) is 14.8 Å². The van der Waals surface area contributed by atoms with Gasteiger partial charge in [0.2, 0.25) is 10.0 Å². The summed E-state index contributed by atoms with van der Waals surface area (Å²) in [6.45, 7) is 5.85. The third-order valence-corrected chi connectivity index (χ3v) is 6.77. The average Bonchev–Trinajstić information content (AvgIpc) is 2.81. The summed E-state index contributed by atoms with van der Waals surface area (Å²) in [4.78, 5) is 23.4. The predicted octanol–water partition coefficient (Wildman–Crippen LogP) is 2.76. The van der Waals surface area contributed by atoms with E-state index in [0.717, 1.165) is 22.3 Å². The molecule has 34 heavy (non-hydrogen) atoms. The average molecular weight is 493 g/mol. The van der Waals surface area contributed by atoms with Gasteiger partial charge in [-0.1, -0.05) is 24.3 Å². The Bertz CT molecular complexity index is 1130. The van der Waals surface area contributed by atoms with Crippen molar-refractivity contribution in [2.75, 3.05) is 26.1 Å². The van der Waals surface area contributed by atoms with Crippen molar-refractivity contribution in [3.05, 3.63) is 58.1 Å². The van der Waals surface area contributed by atoms with Crippen LogP contribution in [0.25, 0.3) is 0 Å². The van der Waals surface area contributed by atoms with Crippen LogP contribution in [0.3, 0.4) is 0 Å². The number of nitrogens with one attached hydrogen (secondary N) is 2. The number of anilines is 1. The molecule has 2 aromatic rings. The second-order valence-electron chi connectivity index (χ2n) is 7.94. The minimum atomic E-state index is -3.66. The van der Waals surface area contributed by atoms with E-state index in [1.807, 2.05) is 26.8 Å². The standard InChI is InChI=1S/C24H32N2O7S/c1-15-11-21(31-4)16(2)17(3)23(15)26-34(29,30)14-19-9-7-18(8-10-19)13-25-20(24(28)33-6)12-22(27)32-5/h7-11,20,25-26H,12-14H2,1-6H3/t20-/m1/s1. The highest BCUT2D eigenvalue weighted by Crippen LogP contribution is 2.32. The molecule has 1 atom stereocenters. The van der Waals surface area contributed by atoms with Crippen molar-refractivity contribution in [2.45, 2.75) is 45.5 Å². The lowest BCUT2D eigenvalue weighted by molar-refractivity contribution is -0.149. The second-order valence-corrected chi connectivity index (χ2v) is 9.66. The highest BCUT2D eigenvalue weighted by atomic mass is 32.2. The lowest BCUT2D eigenvalue weighted by Crippen LogP contribution is -2.39. The first-order valence-electron chi connectivity index (χ1n) is 10.6. The Morgan fingerprint density at radius 2 is 1.56 bits per heavy atom. The molecule has 9 nitrogen and oxygen atoms in total. The van der Waals surface area contributed by atoms with Crippen LogP contribution in [0, 0.1) is 20.8 Å². The fraction of sp³-hybridized carbons (Fsp3) is 0.417. The molecule has 186 valence electrons. The molecule has 2 aromatic carbocycles. The molecular formula is C24H32N2O7S. The van der Waals surface area contributed by atoms with Gasteiger partial charge in [-0.3, -0.25) is 19.6 Å². The molecule has 0 bridgehead atoms. The van der Waals surface area contributed by atoms with E-state index in [1.54, 1.807) is 31.4 Å². The fourth-order valence-electron chi connectivity index (χ4n) is 3.45. The van der Waals surface area contributed by atoms with Crippen molar-refractivity contribution in [3.8, 4) is 5.75 Å². The van der Waals surface area contributed by atoms with Crippen molar-refractivity contribution in [1.29, 1.82) is 0 Å². The summed E-state index contributed by atoms with van der Waals surface area (Å²) in [6, 6.07) is 7.91. The quantitative estimate of drug-likeness (QED) is 0.460. The largest absolute Gasteiger partial charge is 0.496 e. The fourth-order valence-corrected chi connectivity index (χ4v) is 4.78. The number of hydrogen-bond acceptors (Lipinski definition) is 8. The van der Waals surface area contributed by atoms with E-state index >= 15 is 0 Å². The smallest absolute Gasteiger partial charge is 0.323 e. The van der Waals surface area contributed by atoms with E-state index in [0.29, 0.717) is 17.0 Å². The number of esters is 2. The number of aryl methyl sites for hydroxylation is 1. The number of ether oxygens (including phenoxy) is 3. The molecule has 0 aromatic heterocycles. The van der Waals surface area contributed by atoms with Crippen LogP contribution in [-0.2, 0) is 41.4 Å². The zero-order chi connectivity index (χ0) is 25.5. The highest BCUT2D eigenvalue weighted by molar-refractivity contribution is 7.91. The van der Waals surface area contributed by atoms with Gasteiger partial charge in [0.05, 0.1) is 39.2 Å². The molecule has 0 aliphatic carbocycles. The van der Waals surface area contributed by atoms with Crippen LogP contribution in [0.5, 0.6) is 5.75 Å². The van der Waals surface area contributed by atoms with Gasteiger partial charge in [-0.25, -0.2) is 8.42 Å². The van der Waals surface area contributed by atoms with Crippen LogP contribution in [0.2, 0.25) is 0 Å². The SMILES string of the molecule is COC(=O)C[C@@H](NCc1ccc(CS(=O)(=O)Nc2c(C)cc(OC)c(C)c2C)cc1)C(=O)OC. The molecular weight excluding hydrogens is 460 g/mol. The Morgan fingerprint density at radius 3 is 2.12 bits per heavy atom. The minimum absolute atomic E-state index is 0.158. The topological polar surface area (TPSA) is 120 Å². The van der Waals surface area contributed by atoms with Crippen LogP contribution in [0.4, 0.5) is 5.69 Å². The summed E-state index contributed by atoms with van der Waals surface area (Å²) in [5.41, 5.74) is 4.44. The maximum absolute atomic E-state index is 12.8. The summed E-state index contributed by atoms with van der Waals surface area (Å²) in [7, 11) is 0.415. The first-order valence-corrected chi connectivity index (χ1v) is 12.3. The molecule has 0 radical (unpaired) electrons. The Kier molecular flexibility index (Phi) is 9.46. The third kappa shape index (κ3) is 7.19. The molecule has 0 amide bonds. The molecule has 2 rings (SSSR count). The molecule has 10 heteroatoms. The monoisotopic (exact) mass is 492 g/mol. The van der Waals surface area contributed by atoms with Crippen molar-refractivity contribution in [1.82, 2.24) is 5.32 Å². The lowest BCUT2D eigenvalue weighted by atomic mass is 10.0. The van der Waals surface area contributed by atoms with Crippen molar-refractivity contribution < 1.29 is 32.2 Å². The Hall–Kier alpha value is -3.11. The van der Waals surface area contributed by atoms with Crippen molar-refractivity contribution >= 4 is 27.6 Å². The van der Waals surface area contributed by atoms with Crippen LogP contribution >= 0.6 is 0 Å². The molecule has 0 spiro atoms. The lowest BCUT2D eigenvalue weighted by Gasteiger charge is -2.18. The first-order chi connectivity index (χ1) is 16.0. The van der Waals surface area contributed by atoms with Crippen molar-refractivity contribution in [3.63, 3.8) is 0 Å². The maximum atomic E-state index is 12.8. The molecule has 0 saturated carbocycles. The number of benzene rings is 2. The van der Waals surface area contributed by atoms with Crippen LogP contribution < -0.4 is 14.8 Å². The molecule has 0 aliphatic rings. The zero-order valence-corrected chi connectivity index (χ0v) is 21.2. The van der Waals surface area contributed by atoms with E-state index in [-0.39, 0.29) is 18.7 Å². The van der Waals surface area contributed by atoms with Gasteiger partial charge in [-0.05, 0) is 54.7 Å². The first kappa shape index (κ1) is 27.1. The number of methoxy groups -OCH3 is 3. The summed E-state index contributed by atoms with van der Waals surface area (Å²) in [6.07, 6.45) is -0.158. The van der Waals surface area contributed by atoms with Crippen molar-refractivity contribution in [2.24, 2.45) is 0 Å². The Balaban J connectivity index is 2.07. The normalized spacial score (nSPS) is 12.1. The summed E-state index contributed by atoms with van der Waals surface area (Å²) < 4.78 is 43.0. The number of hydrogen-bond donors (Lipinski definition) is 2. The molecule has 0 saturated heterocycles. The van der Waals surface area contributed by atoms with E-state index in [4.69, 9.17) is 9.47 Å². The summed E-state index contributed by atoms with van der Waals surface area (Å²) in [5, 5.41) is 2.96. The van der Waals surface area contributed by atoms with E-state index < -0.39 is 28.0 Å². The summed E-state index contributed by atoms with van der Waals surface area (Å²) in [5.74, 6) is -0.590. The predicted molar refractivity (Wildman–Crippen MR) is 129 cm³/mol. The molecule has 2 N–H and O–H groups in total. The number of rotatable bonds is 11. The number of sulfonamides is 1. The molecule has 0 aliphatic heterocycles. The van der Waals surface area contributed by atoms with E-state index in [9.17, 15) is 18.0 Å². The van der Waals surface area contributed by atoms with Gasteiger partial charge >= 0.3 is 11.9 Å². The molecule has 0 fully saturated rings. The van der Waals surface area contributed by atoms with Gasteiger partial charge in [0.1, 0.15) is 11.8 Å². The summed E-state index contributed by atoms with van der Waals surface area (Å²) >= 11 is 0. The van der Waals surface area contributed by atoms with Gasteiger partial charge in [-0.2, -0.15) is 0 Å². The van der Waals surface area contributed by atoms with Gasteiger partial charge in [0.15, 0.2) is 0 Å². The van der Waals surface area contributed by atoms with E-state index in [1.165, 1.54) is 14.2 Å². The van der Waals surface area contributed by atoms with Crippen LogP contribution in [0.15, 0.2) is 30.3 Å². The Morgan fingerprint density at radius 1 is 0.941 bits per heavy atom. The van der Waals surface area contributed by atoms with Gasteiger partial charge in [0.25, 0.3) is 0 Å². The van der Waals surface area contributed by atoms with Crippen LogP contribution in [-0.4, -0.2) is 47.7 Å². The molecule has 0 heterocycles.